The summed E-state index contributed by atoms with van der Waals surface area (Å²) in [4.78, 5) is 10.1. The van der Waals surface area contributed by atoms with Crippen LogP contribution in [0.25, 0.3) is 48.3 Å². The van der Waals surface area contributed by atoms with E-state index in [0.29, 0.717) is 0 Å². The Balaban J connectivity index is 1.26. The molecule has 6 aromatic carbocycles. The molecule has 0 bridgehead atoms. The van der Waals surface area contributed by atoms with Gasteiger partial charge in [0.2, 0.25) is 0 Å². The van der Waals surface area contributed by atoms with Gasteiger partial charge in [0.25, 0.3) is 6.71 Å². The average Bonchev–Trinajstić information content (AvgIpc) is 3.82. The number of thiophene rings is 1. The highest BCUT2D eigenvalue weighted by Gasteiger charge is 2.45. The Hall–Kier alpha value is -6.11. The van der Waals surface area contributed by atoms with Gasteiger partial charge < -0.3 is 14.2 Å². The molecule has 0 aliphatic carbocycles. The van der Waals surface area contributed by atoms with Crippen LogP contribution < -0.4 is 25.5 Å². The minimum Gasteiger partial charge on any atom is -0.311 e. The summed E-state index contributed by atoms with van der Waals surface area (Å²) in [5.74, 6) is 0. The van der Waals surface area contributed by atoms with E-state index in [1.807, 2.05) is 17.5 Å². The second kappa shape index (κ2) is 9.28. The molecule has 0 atom stereocenters. The van der Waals surface area contributed by atoms with Gasteiger partial charge in [0, 0.05) is 65.7 Å². The van der Waals surface area contributed by atoms with Crippen LogP contribution >= 0.6 is 11.3 Å². The fraction of sp³-hybridized carbons (Fsp3) is 0. The zero-order valence-corrected chi connectivity index (χ0v) is 27.0. The van der Waals surface area contributed by atoms with Crippen LogP contribution in [0.4, 0.5) is 34.1 Å². The molecule has 2 aliphatic heterocycles. The third kappa shape index (κ3) is 3.22. The number of rotatable bonds is 2. The Morgan fingerprint density at radius 1 is 0.531 bits per heavy atom. The van der Waals surface area contributed by atoms with Gasteiger partial charge in [-0.15, -0.1) is 11.3 Å². The number of anilines is 6. The van der Waals surface area contributed by atoms with E-state index in [2.05, 4.69) is 160 Å². The number of benzene rings is 6. The molecule has 0 N–H and O–H groups in total. The van der Waals surface area contributed by atoms with Crippen molar-refractivity contribution in [3.63, 3.8) is 0 Å². The minimum atomic E-state index is 0.0646. The van der Waals surface area contributed by atoms with Crippen molar-refractivity contribution in [2.24, 2.45) is 0 Å². The van der Waals surface area contributed by atoms with E-state index < -0.39 is 0 Å². The van der Waals surface area contributed by atoms with Gasteiger partial charge in [0.05, 0.1) is 27.8 Å². The Morgan fingerprint density at radius 2 is 1.22 bits per heavy atom. The van der Waals surface area contributed by atoms with Crippen LogP contribution in [0.3, 0.4) is 0 Å². The molecule has 10 aromatic rings. The number of hydrogen-bond donors (Lipinski definition) is 0. The molecule has 0 saturated heterocycles. The smallest absolute Gasteiger partial charge is 0.264 e. The van der Waals surface area contributed by atoms with Crippen LogP contribution in [0.5, 0.6) is 0 Å². The van der Waals surface area contributed by atoms with Crippen molar-refractivity contribution in [1.82, 2.24) is 9.38 Å². The quantitative estimate of drug-likeness (QED) is 0.176. The Labute approximate surface area is 286 Å². The number of fused-ring (bicyclic) bond motifs is 12. The largest absolute Gasteiger partial charge is 0.311 e. The SMILES string of the molecule is c1ccc(N2c3cc4c(cc3B3c5sc6ccccc6c5N(c5ccccc5)c5cccc2c53)c2nccc3c5ccccc5n4c32)cc1. The van der Waals surface area contributed by atoms with Crippen LogP contribution in [0.15, 0.2) is 152 Å². The van der Waals surface area contributed by atoms with E-state index in [4.69, 9.17) is 4.98 Å². The molecule has 0 spiro atoms. The zero-order chi connectivity index (χ0) is 31.8. The topological polar surface area (TPSA) is 23.8 Å². The molecular weight excluding hydrogens is 615 g/mol. The van der Waals surface area contributed by atoms with E-state index in [-0.39, 0.29) is 6.71 Å². The predicted octanol–water partition coefficient (Wildman–Crippen LogP) is 9.53. The van der Waals surface area contributed by atoms with Crippen LogP contribution in [0.2, 0.25) is 0 Å². The highest BCUT2D eigenvalue weighted by molar-refractivity contribution is 7.33. The van der Waals surface area contributed by atoms with E-state index in [0.717, 1.165) is 11.2 Å². The molecule has 12 rings (SSSR count). The van der Waals surface area contributed by atoms with Crippen molar-refractivity contribution in [1.29, 1.82) is 0 Å². The van der Waals surface area contributed by atoms with Gasteiger partial charge in [-0.05, 0) is 71.6 Å². The monoisotopic (exact) mass is 640 g/mol. The maximum atomic E-state index is 5.06. The summed E-state index contributed by atoms with van der Waals surface area (Å²) in [5.41, 5.74) is 14.6. The number of hydrogen-bond acceptors (Lipinski definition) is 4. The van der Waals surface area contributed by atoms with Gasteiger partial charge in [-0.1, -0.05) is 84.9 Å². The fourth-order valence-electron chi connectivity index (χ4n) is 8.84. The number of pyridine rings is 1. The van der Waals surface area contributed by atoms with Gasteiger partial charge in [-0.25, -0.2) is 0 Å². The molecule has 0 amide bonds. The van der Waals surface area contributed by atoms with E-state index in [1.165, 1.54) is 86.9 Å². The maximum Gasteiger partial charge on any atom is 0.264 e. The molecule has 0 unspecified atom stereocenters. The van der Waals surface area contributed by atoms with Crippen molar-refractivity contribution in [2.45, 2.75) is 0 Å². The summed E-state index contributed by atoms with van der Waals surface area (Å²) in [6.45, 7) is 0.0646. The number of nitrogens with zero attached hydrogens (tertiary/aromatic N) is 4. The van der Waals surface area contributed by atoms with Gasteiger partial charge in [0.1, 0.15) is 0 Å². The normalized spacial score (nSPS) is 13.6. The standard InChI is InChI=1S/C43H25BN4S/c1-3-12-26(13-4-1)46-34-19-11-20-35-39(34)44(43-42(30-17-8-10-21-38(30)49-43)47(35)27-14-5-2-6-15-27)32-24-31-36(25-37(32)46)48-33-18-9-7-16-28(33)29-22-23-45-40(31)41(29)48/h1-25H. The second-order valence-corrected chi connectivity index (χ2v) is 14.2. The Morgan fingerprint density at radius 3 is 2.04 bits per heavy atom. The first-order valence-electron chi connectivity index (χ1n) is 16.8. The molecule has 4 nitrogen and oxygen atoms in total. The zero-order valence-electron chi connectivity index (χ0n) is 26.2. The highest BCUT2D eigenvalue weighted by atomic mass is 32.1. The third-order valence-corrected chi connectivity index (χ3v) is 11.9. The Bertz CT molecular complexity index is 2970. The van der Waals surface area contributed by atoms with E-state index >= 15 is 0 Å². The average molecular weight is 641 g/mol. The highest BCUT2D eigenvalue weighted by Crippen LogP contribution is 2.48. The van der Waals surface area contributed by atoms with Gasteiger partial charge in [-0.3, -0.25) is 4.98 Å². The minimum absolute atomic E-state index is 0.0646. The van der Waals surface area contributed by atoms with Crippen LogP contribution in [-0.4, -0.2) is 16.1 Å². The van der Waals surface area contributed by atoms with Crippen molar-refractivity contribution >= 4 is 116 Å². The molecule has 6 heterocycles. The summed E-state index contributed by atoms with van der Waals surface area (Å²) in [6.07, 6.45) is 1.98. The maximum absolute atomic E-state index is 5.06. The lowest BCUT2D eigenvalue weighted by Crippen LogP contribution is -2.60. The first-order chi connectivity index (χ1) is 24.3. The van der Waals surface area contributed by atoms with Gasteiger partial charge in [0.15, 0.2) is 0 Å². The van der Waals surface area contributed by atoms with Crippen LogP contribution in [0, 0.1) is 0 Å². The van der Waals surface area contributed by atoms with Crippen LogP contribution in [-0.2, 0) is 0 Å². The van der Waals surface area contributed by atoms with Gasteiger partial charge >= 0.3 is 0 Å². The lowest BCUT2D eigenvalue weighted by Gasteiger charge is -2.43. The summed E-state index contributed by atoms with van der Waals surface area (Å²) >= 11 is 1.94. The third-order valence-electron chi connectivity index (χ3n) is 10.7. The summed E-state index contributed by atoms with van der Waals surface area (Å²) in [5, 5.41) is 5.02. The molecule has 226 valence electrons. The summed E-state index contributed by atoms with van der Waals surface area (Å²) in [6, 6.07) is 53.4. The number of para-hydroxylation sites is 3. The lowest BCUT2D eigenvalue weighted by atomic mass is 9.36. The van der Waals surface area contributed by atoms with Crippen molar-refractivity contribution in [3.8, 4) is 0 Å². The second-order valence-electron chi connectivity index (χ2n) is 13.1. The molecule has 2 aliphatic rings. The summed E-state index contributed by atoms with van der Waals surface area (Å²) in [7, 11) is 0. The molecule has 4 aromatic heterocycles. The molecule has 0 saturated carbocycles. The molecule has 0 fully saturated rings. The fourth-order valence-corrected chi connectivity index (χ4v) is 10.2. The van der Waals surface area contributed by atoms with Crippen molar-refractivity contribution in [2.75, 3.05) is 9.80 Å². The van der Waals surface area contributed by atoms with Gasteiger partial charge in [-0.2, -0.15) is 0 Å². The van der Waals surface area contributed by atoms with E-state index in [1.54, 1.807) is 0 Å². The first-order valence-corrected chi connectivity index (χ1v) is 17.6. The Kier molecular flexibility index (Phi) is 4.91. The molecule has 49 heavy (non-hydrogen) atoms. The van der Waals surface area contributed by atoms with Crippen LogP contribution in [0.1, 0.15) is 0 Å². The molecule has 0 radical (unpaired) electrons. The first kappa shape index (κ1) is 25.9. The lowest BCUT2D eigenvalue weighted by molar-refractivity contribution is 1.26. The summed E-state index contributed by atoms with van der Waals surface area (Å²) < 4.78 is 5.14. The molecule has 6 heteroatoms. The predicted molar refractivity (Wildman–Crippen MR) is 208 cm³/mol. The number of aromatic nitrogens is 2. The van der Waals surface area contributed by atoms with Crippen molar-refractivity contribution in [3.05, 3.63) is 152 Å². The molecular formula is C43H25BN4S. The van der Waals surface area contributed by atoms with Crippen molar-refractivity contribution < 1.29 is 0 Å². The van der Waals surface area contributed by atoms with E-state index in [9.17, 15) is 0 Å².